The lowest BCUT2D eigenvalue weighted by Crippen LogP contribution is -2.65. The zero-order chi connectivity index (χ0) is 57.5. The molecule has 0 atom stereocenters. The highest BCUT2D eigenvalue weighted by atomic mass is 15.2. The molecule has 0 spiro atoms. The summed E-state index contributed by atoms with van der Waals surface area (Å²) in [6.07, 6.45) is 0. The van der Waals surface area contributed by atoms with E-state index in [9.17, 15) is 0 Å². The van der Waals surface area contributed by atoms with Crippen LogP contribution in [0, 0.1) is 6.92 Å². The smallest absolute Gasteiger partial charge is 0.252 e. The van der Waals surface area contributed by atoms with E-state index in [0.717, 1.165) is 79.6 Å². The van der Waals surface area contributed by atoms with E-state index in [0.29, 0.717) is 0 Å². The van der Waals surface area contributed by atoms with Crippen LogP contribution in [-0.2, 0) is 0 Å². The maximum atomic E-state index is 2.64. The van der Waals surface area contributed by atoms with Crippen LogP contribution >= 0.6 is 0 Å². The number of anilines is 18. The number of rotatable bonds is 10. The fourth-order valence-corrected chi connectivity index (χ4v) is 14.6. The van der Waals surface area contributed by atoms with Gasteiger partial charge in [-0.25, -0.2) is 0 Å². The lowest BCUT2D eigenvalue weighted by molar-refractivity contribution is 1.19. The van der Waals surface area contributed by atoms with E-state index in [1.807, 2.05) is 0 Å². The van der Waals surface area contributed by atoms with Crippen molar-refractivity contribution in [1.29, 1.82) is 0 Å². The number of nitrogens with zero attached hydrogens (tertiary/aromatic N) is 6. The Balaban J connectivity index is 1.01. The quantitative estimate of drug-likeness (QED) is 0.126. The topological polar surface area (TPSA) is 19.4 Å². The molecule has 4 heterocycles. The van der Waals surface area contributed by atoms with Crippen LogP contribution in [0.4, 0.5) is 102 Å². The Morgan fingerprint density at radius 3 is 0.793 bits per heavy atom. The molecular formula is C79H56B2N6. The highest BCUT2D eigenvalue weighted by Gasteiger charge is 2.50. The van der Waals surface area contributed by atoms with Gasteiger partial charge in [-0.1, -0.05) is 188 Å². The van der Waals surface area contributed by atoms with Gasteiger partial charge < -0.3 is 29.4 Å². The molecule has 0 bridgehead atoms. The van der Waals surface area contributed by atoms with Crippen molar-refractivity contribution in [3.63, 3.8) is 0 Å². The standard InChI is InChI=1S/C79H56B2N6/c1-55-78-68(80-66-46-26-28-48-70(66)84(60-38-18-6-19-39-60)72-50-64(52-74(76(72)80)86(78)62-42-22-8-23-43-62)82(56-30-10-2-11-31-56)57-32-12-3-13-33-57)54-69-79(55)87(63-44-24-9-25-45-63)75-53-65(83(58-34-14-4-15-35-58)59-36-16-5-17-37-59)51-73-77(75)81(69)67-47-27-29-49-71(67)85(73)61-40-20-7-21-41-61/h2-54H,1H3. The molecule has 0 N–H and O–H groups in total. The van der Waals surface area contributed by atoms with E-state index >= 15 is 0 Å². The first-order valence-electron chi connectivity index (χ1n) is 30.1. The Morgan fingerprint density at radius 1 is 0.230 bits per heavy atom. The number of fused-ring (bicyclic) bond motifs is 8. The van der Waals surface area contributed by atoms with Gasteiger partial charge in [-0.3, -0.25) is 0 Å². The van der Waals surface area contributed by atoms with Crippen molar-refractivity contribution >= 4 is 149 Å². The van der Waals surface area contributed by atoms with Gasteiger partial charge in [0.05, 0.1) is 11.4 Å². The van der Waals surface area contributed by atoms with Crippen molar-refractivity contribution in [2.45, 2.75) is 6.92 Å². The van der Waals surface area contributed by atoms with E-state index in [4.69, 9.17) is 0 Å². The van der Waals surface area contributed by atoms with Gasteiger partial charge in [0.1, 0.15) is 0 Å². The van der Waals surface area contributed by atoms with Crippen molar-refractivity contribution in [1.82, 2.24) is 0 Å². The SMILES string of the molecule is Cc1c2c(cc3c1N(c1ccccc1)c1cc(N(c4ccccc4)c4ccccc4)cc4c1B3c1ccccc1N4c1ccccc1)B1c3ccccc3N(c3ccccc3)c3cc(N(c4ccccc4)c4ccccc4)cc(c31)N2c1ccccc1. The van der Waals surface area contributed by atoms with Crippen molar-refractivity contribution in [2.75, 3.05) is 29.4 Å². The molecule has 13 aromatic carbocycles. The number of hydrogen-bond acceptors (Lipinski definition) is 6. The third-order valence-electron chi connectivity index (χ3n) is 18.0. The Labute approximate surface area is 509 Å². The van der Waals surface area contributed by atoms with Gasteiger partial charge in [0.15, 0.2) is 0 Å². The molecule has 4 aliphatic heterocycles. The molecule has 0 aromatic heterocycles. The van der Waals surface area contributed by atoms with Crippen molar-refractivity contribution in [3.8, 4) is 0 Å². The zero-order valence-corrected chi connectivity index (χ0v) is 47.9. The summed E-state index contributed by atoms with van der Waals surface area (Å²) in [7, 11) is 0. The molecule has 0 radical (unpaired) electrons. The normalized spacial score (nSPS) is 13.0. The minimum atomic E-state index is -0.153. The zero-order valence-electron chi connectivity index (χ0n) is 47.9. The Kier molecular flexibility index (Phi) is 11.9. The molecule has 0 saturated carbocycles. The van der Waals surface area contributed by atoms with Crippen molar-refractivity contribution in [2.24, 2.45) is 0 Å². The van der Waals surface area contributed by atoms with Crippen LogP contribution in [0.2, 0.25) is 0 Å². The highest BCUT2D eigenvalue weighted by Crippen LogP contribution is 2.53. The first-order chi connectivity index (χ1) is 43.2. The number of hydrogen-bond donors (Lipinski definition) is 0. The molecule has 4 aliphatic rings. The fraction of sp³-hybridized carbons (Fsp3) is 0.0127. The average molecular weight is 1110 g/mol. The molecule has 408 valence electrons. The van der Waals surface area contributed by atoms with Gasteiger partial charge in [0, 0.05) is 91.0 Å². The second-order valence-electron chi connectivity index (χ2n) is 22.9. The van der Waals surface area contributed by atoms with Gasteiger partial charge in [-0.05, 0) is 179 Å². The maximum Gasteiger partial charge on any atom is 0.252 e. The van der Waals surface area contributed by atoms with Crippen LogP contribution in [0.5, 0.6) is 0 Å². The van der Waals surface area contributed by atoms with Gasteiger partial charge in [-0.15, -0.1) is 0 Å². The van der Waals surface area contributed by atoms with E-state index in [1.54, 1.807) is 0 Å². The second kappa shape index (κ2) is 20.5. The predicted octanol–water partition coefficient (Wildman–Crippen LogP) is 17.1. The van der Waals surface area contributed by atoms with Crippen LogP contribution in [0.25, 0.3) is 0 Å². The minimum Gasteiger partial charge on any atom is -0.311 e. The van der Waals surface area contributed by atoms with Crippen molar-refractivity contribution < 1.29 is 0 Å². The van der Waals surface area contributed by atoms with Gasteiger partial charge in [-0.2, -0.15) is 0 Å². The van der Waals surface area contributed by atoms with Crippen LogP contribution in [0.3, 0.4) is 0 Å². The van der Waals surface area contributed by atoms with Gasteiger partial charge >= 0.3 is 0 Å². The summed E-state index contributed by atoms with van der Waals surface area (Å²) >= 11 is 0. The Morgan fingerprint density at radius 2 is 0.483 bits per heavy atom. The summed E-state index contributed by atoms with van der Waals surface area (Å²) in [5, 5.41) is 0. The third-order valence-corrected chi connectivity index (χ3v) is 18.0. The fourth-order valence-electron chi connectivity index (χ4n) is 14.6. The van der Waals surface area contributed by atoms with Crippen molar-refractivity contribution in [3.05, 3.63) is 327 Å². The molecule has 0 saturated heterocycles. The lowest BCUT2D eigenvalue weighted by Gasteiger charge is -2.48. The largest absolute Gasteiger partial charge is 0.311 e. The summed E-state index contributed by atoms with van der Waals surface area (Å²) < 4.78 is 0. The molecule has 0 aliphatic carbocycles. The van der Waals surface area contributed by atoms with E-state index < -0.39 is 0 Å². The summed E-state index contributed by atoms with van der Waals surface area (Å²) in [5.41, 5.74) is 28.9. The third kappa shape index (κ3) is 7.98. The molecule has 6 nitrogen and oxygen atoms in total. The van der Waals surface area contributed by atoms with Crippen LogP contribution in [0.15, 0.2) is 322 Å². The number of benzene rings is 13. The molecule has 17 rings (SSSR count). The van der Waals surface area contributed by atoms with Crippen LogP contribution in [0.1, 0.15) is 5.56 Å². The molecule has 8 heteroatoms. The molecule has 0 fully saturated rings. The molecule has 0 unspecified atom stereocenters. The van der Waals surface area contributed by atoms with Crippen LogP contribution < -0.4 is 62.2 Å². The Hall–Kier alpha value is -11.2. The summed E-state index contributed by atoms with van der Waals surface area (Å²) in [5.74, 6) is 0. The molecule has 87 heavy (non-hydrogen) atoms. The minimum absolute atomic E-state index is 0.153. The predicted molar refractivity (Wildman–Crippen MR) is 369 cm³/mol. The summed E-state index contributed by atoms with van der Waals surface area (Å²) in [4.78, 5) is 15.1. The first-order valence-corrected chi connectivity index (χ1v) is 30.1. The molecule has 0 amide bonds. The monoisotopic (exact) mass is 1110 g/mol. The molecule has 13 aromatic rings. The van der Waals surface area contributed by atoms with Crippen LogP contribution in [-0.4, -0.2) is 13.4 Å². The number of para-hydroxylation sites is 10. The summed E-state index contributed by atoms with van der Waals surface area (Å²) in [6.45, 7) is 2.10. The average Bonchev–Trinajstić information content (AvgIpc) is 0.696. The summed E-state index contributed by atoms with van der Waals surface area (Å²) in [6, 6.07) is 118. The lowest BCUT2D eigenvalue weighted by atomic mass is 9.30. The Bertz CT molecular complexity index is 4350. The highest BCUT2D eigenvalue weighted by molar-refractivity contribution is 7.03. The van der Waals surface area contributed by atoms with E-state index in [-0.39, 0.29) is 13.4 Å². The molecular weight excluding hydrogens is 1050 g/mol. The maximum absolute atomic E-state index is 2.64. The van der Waals surface area contributed by atoms with E-state index in [2.05, 4.69) is 358 Å². The van der Waals surface area contributed by atoms with E-state index in [1.165, 1.54) is 61.1 Å². The second-order valence-corrected chi connectivity index (χ2v) is 22.9. The first kappa shape index (κ1) is 50.3. The van der Waals surface area contributed by atoms with Gasteiger partial charge in [0.2, 0.25) is 0 Å². The van der Waals surface area contributed by atoms with Gasteiger partial charge in [0.25, 0.3) is 13.4 Å².